The summed E-state index contributed by atoms with van der Waals surface area (Å²) in [4.78, 5) is 24.5. The number of aliphatic hydroxyl groups is 2. The average molecular weight is 1010 g/mol. The van der Waals surface area contributed by atoms with Crippen LogP contribution in [0, 0.1) is 0 Å². The Labute approximate surface area is 449 Å². The predicted octanol–water partition coefficient (Wildman–Crippen LogP) is 20.4. The van der Waals surface area contributed by atoms with E-state index in [0.29, 0.717) is 19.4 Å². The monoisotopic (exact) mass is 1010 g/mol. The Bertz CT molecular complexity index is 1170. The van der Waals surface area contributed by atoms with Crippen LogP contribution in [-0.4, -0.2) is 47.4 Å². The predicted molar refractivity (Wildman–Crippen MR) is 315 cm³/mol. The first-order chi connectivity index (χ1) is 35.5. The minimum atomic E-state index is -0.842. The third kappa shape index (κ3) is 57.4. The van der Waals surface area contributed by atoms with Crippen LogP contribution in [0.15, 0.2) is 36.5 Å². The van der Waals surface area contributed by atoms with Crippen molar-refractivity contribution in [3.8, 4) is 0 Å². The summed E-state index contributed by atoms with van der Waals surface area (Å²) in [5, 5.41) is 23.1. The smallest absolute Gasteiger partial charge is 0.305 e. The molecule has 3 N–H and O–H groups in total. The summed E-state index contributed by atoms with van der Waals surface area (Å²) in [7, 11) is 0. The van der Waals surface area contributed by atoms with E-state index in [-0.39, 0.29) is 18.5 Å². The molecule has 6 heteroatoms. The summed E-state index contributed by atoms with van der Waals surface area (Å²) < 4.78 is 5.48. The van der Waals surface area contributed by atoms with Crippen LogP contribution in [0.4, 0.5) is 0 Å². The zero-order chi connectivity index (χ0) is 52.2. The van der Waals surface area contributed by atoms with Gasteiger partial charge in [0, 0.05) is 12.8 Å². The number of allylic oxidation sites excluding steroid dienone is 5. The highest BCUT2D eigenvalue weighted by molar-refractivity contribution is 5.76. The van der Waals surface area contributed by atoms with E-state index in [4.69, 9.17) is 4.74 Å². The molecule has 0 aromatic rings. The lowest BCUT2D eigenvalue weighted by molar-refractivity contribution is -0.143. The maximum Gasteiger partial charge on any atom is 0.305 e. The van der Waals surface area contributed by atoms with Gasteiger partial charge in [0.1, 0.15) is 0 Å². The van der Waals surface area contributed by atoms with E-state index >= 15 is 0 Å². The number of ether oxygens (including phenoxy) is 1. The van der Waals surface area contributed by atoms with Crippen LogP contribution in [0.1, 0.15) is 348 Å². The van der Waals surface area contributed by atoms with Crippen LogP contribution >= 0.6 is 0 Å². The van der Waals surface area contributed by atoms with Crippen LogP contribution in [0.3, 0.4) is 0 Å². The second-order valence-corrected chi connectivity index (χ2v) is 22.1. The van der Waals surface area contributed by atoms with Crippen molar-refractivity contribution >= 4 is 11.9 Å². The first-order valence-corrected chi connectivity index (χ1v) is 32.3. The highest BCUT2D eigenvalue weighted by Gasteiger charge is 2.18. The van der Waals surface area contributed by atoms with Crippen molar-refractivity contribution in [3.05, 3.63) is 36.5 Å². The SMILES string of the molecule is CCCCC/C=C/C=C/CCCCCCCCC(=O)OCCCCCCCCCCCCCCCCCCCCCCCCCCCCCC(=O)NC(CO)C(O)/C=C/CCCCCCCCCCCCC. The molecule has 2 unspecified atom stereocenters. The molecule has 0 saturated heterocycles. The Morgan fingerprint density at radius 3 is 1.06 bits per heavy atom. The number of amides is 1. The third-order valence-corrected chi connectivity index (χ3v) is 14.9. The number of hydrogen-bond acceptors (Lipinski definition) is 5. The van der Waals surface area contributed by atoms with Gasteiger partial charge in [-0.3, -0.25) is 9.59 Å². The fourth-order valence-electron chi connectivity index (χ4n) is 9.98. The molecule has 0 aliphatic carbocycles. The number of rotatable bonds is 60. The third-order valence-electron chi connectivity index (χ3n) is 14.9. The van der Waals surface area contributed by atoms with Crippen LogP contribution < -0.4 is 5.32 Å². The lowest BCUT2D eigenvalue weighted by atomic mass is 10.0. The van der Waals surface area contributed by atoms with Crippen molar-refractivity contribution in [1.82, 2.24) is 5.32 Å². The van der Waals surface area contributed by atoms with Crippen molar-refractivity contribution in [2.75, 3.05) is 13.2 Å². The van der Waals surface area contributed by atoms with Crippen molar-refractivity contribution < 1.29 is 24.5 Å². The number of carbonyl (C=O) groups is 2. The fourth-order valence-corrected chi connectivity index (χ4v) is 9.98. The summed E-state index contributed by atoms with van der Waals surface area (Å²) >= 11 is 0. The standard InChI is InChI=1S/C66H125NO5/c1-3-5-7-9-11-13-15-17-31-36-40-44-48-52-56-60-66(71)72-61-57-53-49-45-41-37-33-30-28-26-24-22-20-18-19-21-23-25-27-29-32-35-39-43-47-51-55-59-65(70)67-63(62-68)64(69)58-54-50-46-42-38-34-16-14-12-10-8-6-4-2/h11,13,15,17,54,58,63-64,68-69H,3-10,12,14,16,18-53,55-57,59-62H2,1-2H3,(H,67,70)/b13-11+,17-15+,58-54+. The second kappa shape index (κ2) is 61.6. The molecule has 0 aliphatic heterocycles. The molecule has 2 atom stereocenters. The first-order valence-electron chi connectivity index (χ1n) is 32.3. The molecule has 0 aromatic carbocycles. The molecule has 0 radical (unpaired) electrons. The largest absolute Gasteiger partial charge is 0.466 e. The molecular formula is C66H125NO5. The number of esters is 1. The highest BCUT2D eigenvalue weighted by atomic mass is 16.5. The summed E-state index contributed by atoms with van der Waals surface area (Å²) in [6.45, 7) is 4.88. The van der Waals surface area contributed by atoms with Crippen molar-refractivity contribution in [1.29, 1.82) is 0 Å². The molecule has 1 amide bonds. The van der Waals surface area contributed by atoms with E-state index in [9.17, 15) is 19.8 Å². The number of hydrogen-bond donors (Lipinski definition) is 3. The Balaban J connectivity index is 3.36. The Morgan fingerprint density at radius 2 is 0.681 bits per heavy atom. The van der Waals surface area contributed by atoms with Crippen molar-refractivity contribution in [3.63, 3.8) is 0 Å². The molecule has 72 heavy (non-hydrogen) atoms. The highest BCUT2D eigenvalue weighted by Crippen LogP contribution is 2.18. The summed E-state index contributed by atoms with van der Waals surface area (Å²) in [5.41, 5.74) is 0. The quantitative estimate of drug-likeness (QED) is 0.0244. The lowest BCUT2D eigenvalue weighted by Gasteiger charge is -2.20. The summed E-state index contributed by atoms with van der Waals surface area (Å²) in [6, 6.07) is -0.625. The van der Waals surface area contributed by atoms with Crippen LogP contribution in [0.5, 0.6) is 0 Å². The zero-order valence-electron chi connectivity index (χ0n) is 48.4. The van der Waals surface area contributed by atoms with Crippen LogP contribution in [0.25, 0.3) is 0 Å². The number of aliphatic hydroxyl groups excluding tert-OH is 2. The van der Waals surface area contributed by atoms with Crippen LogP contribution in [-0.2, 0) is 14.3 Å². The number of carbonyl (C=O) groups excluding carboxylic acids is 2. The van der Waals surface area contributed by atoms with Gasteiger partial charge in [-0.15, -0.1) is 0 Å². The van der Waals surface area contributed by atoms with E-state index in [1.165, 1.54) is 276 Å². The van der Waals surface area contributed by atoms with E-state index < -0.39 is 12.1 Å². The van der Waals surface area contributed by atoms with Gasteiger partial charge in [0.25, 0.3) is 0 Å². The maximum absolute atomic E-state index is 12.5. The Morgan fingerprint density at radius 1 is 0.389 bits per heavy atom. The summed E-state index contributed by atoms with van der Waals surface area (Å²) in [5.74, 6) is -0.0590. The normalized spacial score (nSPS) is 12.8. The molecule has 0 bridgehead atoms. The molecule has 0 aliphatic rings. The molecule has 0 fully saturated rings. The molecule has 0 saturated carbocycles. The van der Waals surface area contributed by atoms with Gasteiger partial charge < -0.3 is 20.3 Å². The number of unbranched alkanes of at least 4 members (excludes halogenated alkanes) is 46. The van der Waals surface area contributed by atoms with E-state index in [0.717, 1.165) is 44.9 Å². The van der Waals surface area contributed by atoms with Gasteiger partial charge in [-0.1, -0.05) is 314 Å². The van der Waals surface area contributed by atoms with Gasteiger partial charge in [-0.05, 0) is 57.8 Å². The van der Waals surface area contributed by atoms with E-state index in [1.807, 2.05) is 6.08 Å². The maximum atomic E-state index is 12.5. The van der Waals surface area contributed by atoms with Gasteiger partial charge in [0.2, 0.25) is 5.91 Å². The molecule has 0 aromatic heterocycles. The van der Waals surface area contributed by atoms with Gasteiger partial charge in [0.05, 0.1) is 25.4 Å². The minimum Gasteiger partial charge on any atom is -0.466 e. The molecule has 0 heterocycles. The lowest BCUT2D eigenvalue weighted by Crippen LogP contribution is -2.45. The van der Waals surface area contributed by atoms with Gasteiger partial charge >= 0.3 is 5.97 Å². The average Bonchev–Trinajstić information content (AvgIpc) is 3.38. The minimum absolute atomic E-state index is 0.00570. The van der Waals surface area contributed by atoms with Gasteiger partial charge in [0.15, 0.2) is 0 Å². The Hall–Kier alpha value is -1.92. The van der Waals surface area contributed by atoms with Crippen molar-refractivity contribution in [2.45, 2.75) is 360 Å². The second-order valence-electron chi connectivity index (χ2n) is 22.1. The molecule has 0 rings (SSSR count). The fraction of sp³-hybridized carbons (Fsp3) is 0.879. The molecule has 424 valence electrons. The topological polar surface area (TPSA) is 95.9 Å². The van der Waals surface area contributed by atoms with Crippen molar-refractivity contribution in [2.24, 2.45) is 0 Å². The molecule has 6 nitrogen and oxygen atoms in total. The van der Waals surface area contributed by atoms with E-state index in [1.54, 1.807) is 6.08 Å². The van der Waals surface area contributed by atoms with Gasteiger partial charge in [-0.2, -0.15) is 0 Å². The number of nitrogens with one attached hydrogen (secondary N) is 1. The van der Waals surface area contributed by atoms with E-state index in [2.05, 4.69) is 43.5 Å². The molecular weight excluding hydrogens is 887 g/mol. The molecule has 0 spiro atoms. The zero-order valence-corrected chi connectivity index (χ0v) is 48.4. The van der Waals surface area contributed by atoms with Crippen LogP contribution in [0.2, 0.25) is 0 Å². The van der Waals surface area contributed by atoms with Gasteiger partial charge in [-0.25, -0.2) is 0 Å². The summed E-state index contributed by atoms with van der Waals surface area (Å²) in [6.07, 6.45) is 77.7. The Kier molecular flexibility index (Phi) is 60.0. The first kappa shape index (κ1) is 70.1.